The normalized spacial score (nSPS) is 14.8. The maximum absolute atomic E-state index is 10.2. The third-order valence-corrected chi connectivity index (χ3v) is 5.86. The molecule has 0 atom stereocenters. The van der Waals surface area contributed by atoms with Gasteiger partial charge in [-0.1, -0.05) is 55.7 Å². The van der Waals surface area contributed by atoms with Crippen LogP contribution >= 0.6 is 0 Å². The van der Waals surface area contributed by atoms with Crippen molar-refractivity contribution in [2.75, 3.05) is 19.7 Å². The van der Waals surface area contributed by atoms with Gasteiger partial charge in [0, 0.05) is 23.6 Å². The molecule has 4 nitrogen and oxygen atoms in total. The monoisotopic (exact) mass is 414 g/mol. The van der Waals surface area contributed by atoms with Gasteiger partial charge < -0.3 is 19.7 Å². The molecule has 0 aliphatic carbocycles. The van der Waals surface area contributed by atoms with E-state index < -0.39 is 0 Å². The highest BCUT2D eigenvalue weighted by Gasteiger charge is 2.20. The van der Waals surface area contributed by atoms with Crippen molar-refractivity contribution >= 4 is 10.9 Å². The maximum atomic E-state index is 10.2. The van der Waals surface area contributed by atoms with Crippen molar-refractivity contribution in [3.63, 3.8) is 0 Å². The summed E-state index contributed by atoms with van der Waals surface area (Å²) in [5.74, 6) is 1.21. The number of para-hydroxylation sites is 1. The summed E-state index contributed by atoms with van der Waals surface area (Å²) in [6.07, 6.45) is 10.0. The van der Waals surface area contributed by atoms with Crippen LogP contribution in [0.4, 0.5) is 0 Å². The van der Waals surface area contributed by atoms with Crippen LogP contribution in [0.1, 0.15) is 29.9 Å². The first-order valence-corrected chi connectivity index (χ1v) is 10.9. The summed E-state index contributed by atoms with van der Waals surface area (Å²) in [6, 6.07) is 14.2. The molecule has 0 saturated carbocycles. The number of ether oxygens (including phenoxy) is 1. The molecule has 0 unspecified atom stereocenters. The van der Waals surface area contributed by atoms with Gasteiger partial charge in [-0.3, -0.25) is 0 Å². The lowest BCUT2D eigenvalue weighted by Gasteiger charge is -2.22. The molecule has 0 radical (unpaired) electrons. The van der Waals surface area contributed by atoms with Crippen molar-refractivity contribution in [3.8, 4) is 11.5 Å². The Balaban J connectivity index is 1.57. The second kappa shape index (κ2) is 9.71. The number of benzene rings is 2. The Kier molecular flexibility index (Phi) is 6.58. The maximum Gasteiger partial charge on any atom is 0.161 e. The molecular weight excluding hydrogens is 384 g/mol. The average Bonchev–Trinajstić information content (AvgIpc) is 3.17. The molecule has 160 valence electrons. The van der Waals surface area contributed by atoms with Crippen LogP contribution in [-0.2, 0) is 6.54 Å². The Morgan fingerprint density at radius 2 is 2.00 bits per heavy atom. The van der Waals surface area contributed by atoms with E-state index in [1.165, 1.54) is 29.3 Å². The molecule has 0 bridgehead atoms. The van der Waals surface area contributed by atoms with E-state index in [-0.39, 0.29) is 5.75 Å². The molecule has 1 fully saturated rings. The number of hydrogen-bond acceptors (Lipinski definition) is 3. The second-order valence-corrected chi connectivity index (χ2v) is 8.10. The summed E-state index contributed by atoms with van der Waals surface area (Å²) in [5, 5.41) is 15.0. The first-order valence-electron chi connectivity index (χ1n) is 10.9. The highest BCUT2D eigenvalue weighted by Crippen LogP contribution is 2.34. The molecule has 1 aliphatic heterocycles. The number of nitrogens with one attached hydrogen (secondary N) is 1. The van der Waals surface area contributed by atoms with E-state index in [1.54, 1.807) is 12.1 Å². The predicted molar refractivity (Wildman–Crippen MR) is 128 cm³/mol. The van der Waals surface area contributed by atoms with Crippen molar-refractivity contribution in [3.05, 3.63) is 96.7 Å². The van der Waals surface area contributed by atoms with Crippen molar-refractivity contribution in [1.82, 2.24) is 9.88 Å². The Labute approximate surface area is 184 Å². The largest absolute Gasteiger partial charge is 0.504 e. The van der Waals surface area contributed by atoms with Gasteiger partial charge in [0.15, 0.2) is 11.5 Å². The number of hydrogen-bond donors (Lipinski definition) is 2. The van der Waals surface area contributed by atoms with Crippen molar-refractivity contribution in [2.24, 2.45) is 0 Å². The zero-order chi connectivity index (χ0) is 21.6. The van der Waals surface area contributed by atoms with Gasteiger partial charge in [-0.25, -0.2) is 0 Å². The Morgan fingerprint density at radius 3 is 2.81 bits per heavy atom. The molecule has 2 aromatic carbocycles. The number of phenolic OH excluding ortho intramolecular Hbond substituents is 1. The van der Waals surface area contributed by atoms with Crippen molar-refractivity contribution in [2.45, 2.75) is 25.3 Å². The van der Waals surface area contributed by atoms with Crippen LogP contribution in [0.2, 0.25) is 0 Å². The number of nitrogens with zero attached hydrogens (tertiary/aromatic N) is 1. The van der Waals surface area contributed by atoms with E-state index in [4.69, 9.17) is 4.74 Å². The smallest absolute Gasteiger partial charge is 0.161 e. The van der Waals surface area contributed by atoms with Gasteiger partial charge >= 0.3 is 0 Å². The minimum Gasteiger partial charge on any atom is -0.504 e. The third kappa shape index (κ3) is 4.92. The zero-order valence-corrected chi connectivity index (χ0v) is 17.9. The van der Waals surface area contributed by atoms with E-state index in [1.807, 2.05) is 24.3 Å². The fourth-order valence-electron chi connectivity index (χ4n) is 4.26. The van der Waals surface area contributed by atoms with Crippen molar-refractivity contribution < 1.29 is 9.84 Å². The molecule has 1 saturated heterocycles. The van der Waals surface area contributed by atoms with Crippen LogP contribution in [-0.4, -0.2) is 29.4 Å². The molecule has 1 aromatic heterocycles. The van der Waals surface area contributed by atoms with Gasteiger partial charge in [0.05, 0.1) is 0 Å². The number of piperidine rings is 1. The summed E-state index contributed by atoms with van der Waals surface area (Å²) in [4.78, 5) is 0. The first-order chi connectivity index (χ1) is 15.2. The number of fused-ring (bicyclic) bond motifs is 1. The molecule has 0 amide bonds. The van der Waals surface area contributed by atoms with E-state index in [0.717, 1.165) is 30.8 Å². The van der Waals surface area contributed by atoms with Crippen LogP contribution in [0.15, 0.2) is 85.6 Å². The number of phenols is 1. The van der Waals surface area contributed by atoms with Crippen LogP contribution in [0.3, 0.4) is 0 Å². The lowest BCUT2D eigenvalue weighted by atomic mass is 9.90. The van der Waals surface area contributed by atoms with E-state index in [9.17, 15) is 5.11 Å². The fraction of sp³-hybridized carbons (Fsp3) is 0.259. The Morgan fingerprint density at radius 1 is 1.19 bits per heavy atom. The van der Waals surface area contributed by atoms with Crippen LogP contribution in [0, 0.1) is 0 Å². The van der Waals surface area contributed by atoms with Gasteiger partial charge in [-0.15, -0.1) is 0 Å². The summed E-state index contributed by atoms with van der Waals surface area (Å²) in [7, 11) is 0. The van der Waals surface area contributed by atoms with Crippen molar-refractivity contribution in [1.29, 1.82) is 0 Å². The van der Waals surface area contributed by atoms with E-state index in [0.29, 0.717) is 18.3 Å². The molecule has 2 N–H and O–H groups in total. The summed E-state index contributed by atoms with van der Waals surface area (Å²) in [6.45, 7) is 10.8. The molecule has 4 heteroatoms. The van der Waals surface area contributed by atoms with Gasteiger partial charge in [-0.2, -0.15) is 0 Å². The lowest BCUT2D eigenvalue weighted by Crippen LogP contribution is -2.26. The molecule has 2 heterocycles. The average molecular weight is 415 g/mol. The number of aromatic nitrogens is 1. The zero-order valence-electron chi connectivity index (χ0n) is 17.9. The van der Waals surface area contributed by atoms with E-state index >= 15 is 0 Å². The molecule has 0 spiro atoms. The minimum atomic E-state index is 0.136. The van der Waals surface area contributed by atoms with Gasteiger partial charge in [0.2, 0.25) is 0 Å². The minimum absolute atomic E-state index is 0.136. The summed E-state index contributed by atoms with van der Waals surface area (Å²) in [5.41, 5.74) is 4.58. The lowest BCUT2D eigenvalue weighted by molar-refractivity contribution is 0.330. The highest BCUT2D eigenvalue weighted by atomic mass is 16.5. The Hall–Kier alpha value is -3.24. The number of rotatable bonds is 8. The molecular formula is C27H30N2O2. The van der Waals surface area contributed by atoms with Crippen LogP contribution in [0.25, 0.3) is 10.9 Å². The number of allylic oxidation sites excluding steroid dienone is 2. The standard InChI is InChI=1S/C27H30N2O2/c1-3-4-7-20(2)19-31-27-16-21(10-11-26(27)30)17-29-18-24(22-12-14-28-15-13-22)23-8-5-6-9-25(23)29/h3-11,16,18,22,28,30H,1-2,12-15,17,19H2/b7-4-. The van der Waals surface area contributed by atoms with Gasteiger partial charge in [0.1, 0.15) is 6.61 Å². The van der Waals surface area contributed by atoms with Crippen LogP contribution < -0.4 is 10.1 Å². The topological polar surface area (TPSA) is 46.4 Å². The quantitative estimate of drug-likeness (QED) is 0.476. The first kappa shape index (κ1) is 21.0. The summed E-state index contributed by atoms with van der Waals surface area (Å²) >= 11 is 0. The van der Waals surface area contributed by atoms with E-state index in [2.05, 4.69) is 53.5 Å². The highest BCUT2D eigenvalue weighted by molar-refractivity contribution is 5.84. The van der Waals surface area contributed by atoms with Gasteiger partial charge in [0.25, 0.3) is 0 Å². The molecule has 3 aromatic rings. The van der Waals surface area contributed by atoms with Gasteiger partial charge in [-0.05, 0) is 66.7 Å². The molecule has 31 heavy (non-hydrogen) atoms. The molecule has 1 aliphatic rings. The van der Waals surface area contributed by atoms with Crippen LogP contribution in [0.5, 0.6) is 11.5 Å². The predicted octanol–water partition coefficient (Wildman–Crippen LogP) is 5.54. The SMILES string of the molecule is C=C/C=C\C(=C)COc1cc(Cn2cc(C3CCNCC3)c3ccccc32)ccc1O. The molecule has 4 rings (SSSR count). The fourth-order valence-corrected chi connectivity index (χ4v) is 4.26. The Bertz CT molecular complexity index is 1100. The third-order valence-electron chi connectivity index (χ3n) is 5.86. The second-order valence-electron chi connectivity index (χ2n) is 8.10. The summed E-state index contributed by atoms with van der Waals surface area (Å²) < 4.78 is 8.12. The number of aromatic hydroxyl groups is 1.